The summed E-state index contributed by atoms with van der Waals surface area (Å²) in [5.74, 6) is 0.880. The van der Waals surface area contributed by atoms with Crippen LogP contribution in [-0.2, 0) is 4.74 Å². The predicted octanol–water partition coefficient (Wildman–Crippen LogP) is 1.96. The second-order valence-electron chi connectivity index (χ2n) is 5.34. The summed E-state index contributed by atoms with van der Waals surface area (Å²) >= 11 is 0. The van der Waals surface area contributed by atoms with Crippen LogP contribution in [0.5, 0.6) is 11.8 Å². The Hall–Kier alpha value is -1.40. The molecule has 0 saturated heterocycles. The number of nitrogens with one attached hydrogen (secondary N) is 1. The van der Waals surface area contributed by atoms with Crippen molar-refractivity contribution in [2.75, 3.05) is 27.4 Å². The Bertz CT molecular complexity index is 419. The fourth-order valence-electron chi connectivity index (χ4n) is 1.67. The molecular weight excluding hydrogens is 258 g/mol. The zero-order valence-electron chi connectivity index (χ0n) is 13.2. The van der Waals surface area contributed by atoms with E-state index >= 15 is 0 Å². The molecule has 114 valence electrons. The Morgan fingerprint density at radius 1 is 1.25 bits per heavy atom. The molecule has 0 saturated carbocycles. The van der Waals surface area contributed by atoms with Crippen molar-refractivity contribution in [3.05, 3.63) is 11.9 Å². The second kappa shape index (κ2) is 7.40. The Balaban J connectivity index is 2.95. The van der Waals surface area contributed by atoms with Crippen molar-refractivity contribution >= 4 is 0 Å². The summed E-state index contributed by atoms with van der Waals surface area (Å²) in [7, 11) is 3.12. The van der Waals surface area contributed by atoms with Crippen molar-refractivity contribution in [2.45, 2.75) is 39.3 Å². The predicted molar refractivity (Wildman–Crippen MR) is 77.3 cm³/mol. The first-order valence-electron chi connectivity index (χ1n) is 6.73. The van der Waals surface area contributed by atoms with Gasteiger partial charge >= 0.3 is 0 Å². The lowest BCUT2D eigenvalue weighted by molar-refractivity contribution is -0.0154. The van der Waals surface area contributed by atoms with E-state index in [9.17, 15) is 0 Å². The molecule has 1 N–H and O–H groups in total. The van der Waals surface area contributed by atoms with E-state index in [1.165, 1.54) is 0 Å². The van der Waals surface area contributed by atoms with E-state index in [1.807, 2.05) is 27.7 Å². The molecule has 0 bridgehead atoms. The largest absolute Gasteiger partial charge is 0.480 e. The third kappa shape index (κ3) is 4.94. The minimum Gasteiger partial charge on any atom is -0.480 e. The van der Waals surface area contributed by atoms with E-state index in [4.69, 9.17) is 14.2 Å². The molecule has 1 aromatic heterocycles. The summed E-state index contributed by atoms with van der Waals surface area (Å²) in [6.45, 7) is 9.39. The fraction of sp³-hybridized carbons (Fsp3) is 0.714. The maximum atomic E-state index is 5.84. The molecule has 1 rings (SSSR count). The van der Waals surface area contributed by atoms with Crippen LogP contribution in [0, 0.1) is 0 Å². The van der Waals surface area contributed by atoms with Gasteiger partial charge < -0.3 is 19.5 Å². The summed E-state index contributed by atoms with van der Waals surface area (Å²) in [5.41, 5.74) is 0.514. The van der Waals surface area contributed by atoms with E-state index < -0.39 is 0 Å². The van der Waals surface area contributed by atoms with Gasteiger partial charge in [0, 0.05) is 0 Å². The lowest BCUT2D eigenvalue weighted by Gasteiger charge is -2.25. The van der Waals surface area contributed by atoms with Crippen molar-refractivity contribution in [1.82, 2.24) is 15.3 Å². The van der Waals surface area contributed by atoms with Gasteiger partial charge in [-0.25, -0.2) is 4.98 Å². The van der Waals surface area contributed by atoms with Crippen LogP contribution in [0.25, 0.3) is 0 Å². The number of aromatic nitrogens is 2. The zero-order valence-corrected chi connectivity index (χ0v) is 13.2. The van der Waals surface area contributed by atoms with E-state index in [0.29, 0.717) is 18.4 Å². The van der Waals surface area contributed by atoms with Crippen molar-refractivity contribution in [2.24, 2.45) is 0 Å². The van der Waals surface area contributed by atoms with Crippen molar-refractivity contribution in [3.63, 3.8) is 0 Å². The number of nitrogens with zero attached hydrogens (tertiary/aromatic N) is 2. The standard InChI is InChI=1S/C14H25N3O3/c1-7-15-10(9-20-14(2,3)4)12-13(19-6)17-11(18-5)8-16-12/h8,10,15H,7,9H2,1-6H3. The molecular formula is C14H25N3O3. The first kappa shape index (κ1) is 16.7. The first-order valence-corrected chi connectivity index (χ1v) is 6.73. The molecule has 6 nitrogen and oxygen atoms in total. The zero-order chi connectivity index (χ0) is 15.2. The van der Waals surface area contributed by atoms with Gasteiger partial charge in [0.25, 0.3) is 0 Å². The Labute approximate surface area is 120 Å². The average molecular weight is 283 g/mol. The summed E-state index contributed by atoms with van der Waals surface area (Å²) in [4.78, 5) is 8.64. The molecule has 0 aromatic carbocycles. The third-order valence-corrected chi connectivity index (χ3v) is 2.61. The summed E-state index contributed by atoms with van der Waals surface area (Å²) < 4.78 is 16.2. The SMILES string of the molecule is CCNC(COC(C)(C)C)c1ncc(OC)nc1OC. The van der Waals surface area contributed by atoms with Gasteiger partial charge in [-0.15, -0.1) is 0 Å². The number of hydrogen-bond donors (Lipinski definition) is 1. The van der Waals surface area contributed by atoms with Crippen molar-refractivity contribution < 1.29 is 14.2 Å². The van der Waals surface area contributed by atoms with Gasteiger partial charge in [-0.3, -0.25) is 0 Å². The van der Waals surface area contributed by atoms with Crippen molar-refractivity contribution in [1.29, 1.82) is 0 Å². The quantitative estimate of drug-likeness (QED) is 0.825. The highest BCUT2D eigenvalue weighted by molar-refractivity contribution is 5.25. The lowest BCUT2D eigenvalue weighted by atomic mass is 10.1. The Morgan fingerprint density at radius 2 is 1.95 bits per heavy atom. The lowest BCUT2D eigenvalue weighted by Crippen LogP contribution is -2.31. The molecule has 20 heavy (non-hydrogen) atoms. The number of hydrogen-bond acceptors (Lipinski definition) is 6. The van der Waals surface area contributed by atoms with Gasteiger partial charge in [0.15, 0.2) is 0 Å². The molecule has 6 heteroatoms. The maximum absolute atomic E-state index is 5.84. The minimum absolute atomic E-state index is 0.0763. The van der Waals surface area contributed by atoms with Crippen LogP contribution in [0.3, 0.4) is 0 Å². The van der Waals surface area contributed by atoms with Crippen molar-refractivity contribution in [3.8, 4) is 11.8 Å². The van der Waals surface area contributed by atoms with Crippen LogP contribution in [-0.4, -0.2) is 42.9 Å². The minimum atomic E-state index is -0.208. The highest BCUT2D eigenvalue weighted by Gasteiger charge is 2.22. The van der Waals surface area contributed by atoms with Gasteiger partial charge in [-0.1, -0.05) is 6.92 Å². The van der Waals surface area contributed by atoms with Gasteiger partial charge in [-0.2, -0.15) is 4.98 Å². The van der Waals surface area contributed by atoms with E-state index in [1.54, 1.807) is 20.4 Å². The van der Waals surface area contributed by atoms with Crippen LogP contribution in [0.15, 0.2) is 6.20 Å². The summed E-state index contributed by atoms with van der Waals surface area (Å²) in [5, 5.41) is 3.34. The smallest absolute Gasteiger partial charge is 0.240 e. The molecule has 1 atom stereocenters. The van der Waals surface area contributed by atoms with Gasteiger partial charge in [0.2, 0.25) is 11.8 Å². The molecule has 1 heterocycles. The molecule has 0 aliphatic rings. The van der Waals surface area contributed by atoms with E-state index in [-0.39, 0.29) is 11.6 Å². The van der Waals surface area contributed by atoms with Crippen LogP contribution in [0.1, 0.15) is 39.4 Å². The summed E-state index contributed by atoms with van der Waals surface area (Å²) in [6, 6.07) is -0.0763. The highest BCUT2D eigenvalue weighted by Crippen LogP contribution is 2.24. The van der Waals surface area contributed by atoms with Gasteiger partial charge in [0.1, 0.15) is 5.69 Å². The Kier molecular flexibility index (Phi) is 6.16. The number of ether oxygens (including phenoxy) is 3. The highest BCUT2D eigenvalue weighted by atomic mass is 16.5. The van der Waals surface area contributed by atoms with E-state index in [0.717, 1.165) is 12.2 Å². The van der Waals surface area contributed by atoms with Crippen LogP contribution >= 0.6 is 0 Å². The van der Waals surface area contributed by atoms with Crippen LogP contribution < -0.4 is 14.8 Å². The maximum Gasteiger partial charge on any atom is 0.240 e. The number of methoxy groups -OCH3 is 2. The molecule has 0 spiro atoms. The van der Waals surface area contributed by atoms with Gasteiger partial charge in [-0.05, 0) is 27.3 Å². The van der Waals surface area contributed by atoms with Crippen LogP contribution in [0.4, 0.5) is 0 Å². The molecule has 1 unspecified atom stereocenters. The second-order valence-corrected chi connectivity index (χ2v) is 5.34. The monoisotopic (exact) mass is 283 g/mol. The van der Waals surface area contributed by atoms with Gasteiger partial charge in [0.05, 0.1) is 38.7 Å². The Morgan fingerprint density at radius 3 is 2.45 bits per heavy atom. The molecule has 0 fully saturated rings. The van der Waals surface area contributed by atoms with Crippen LogP contribution in [0.2, 0.25) is 0 Å². The van der Waals surface area contributed by atoms with E-state index in [2.05, 4.69) is 15.3 Å². The normalized spacial score (nSPS) is 13.1. The number of rotatable bonds is 7. The third-order valence-electron chi connectivity index (χ3n) is 2.61. The molecule has 1 aromatic rings. The topological polar surface area (TPSA) is 65.5 Å². The first-order chi connectivity index (χ1) is 9.41. The average Bonchev–Trinajstić information content (AvgIpc) is 2.41. The molecule has 0 amide bonds. The summed E-state index contributed by atoms with van der Waals surface area (Å²) in [6.07, 6.45) is 1.58. The molecule has 0 radical (unpaired) electrons. The number of likely N-dealkylation sites (N-methyl/N-ethyl adjacent to an activating group) is 1. The fourth-order valence-corrected chi connectivity index (χ4v) is 1.67. The molecule has 0 aliphatic carbocycles. The molecule has 0 aliphatic heterocycles.